The van der Waals surface area contributed by atoms with Gasteiger partial charge in [0.25, 0.3) is 15.9 Å². The van der Waals surface area contributed by atoms with Gasteiger partial charge in [0.15, 0.2) is 11.5 Å². The maximum atomic E-state index is 13.9. The molecule has 0 heterocycles. The average molecular weight is 632 g/mol. The number of sulfonamides is 1. The molecule has 4 aromatic carbocycles. The summed E-state index contributed by atoms with van der Waals surface area (Å²) >= 11 is 0. The molecule has 0 aliphatic carbocycles. The molecule has 0 radical (unpaired) electrons. The first-order valence-electron chi connectivity index (χ1n) is 14.2. The van der Waals surface area contributed by atoms with E-state index in [0.717, 1.165) is 21.0 Å². The summed E-state index contributed by atoms with van der Waals surface area (Å²) in [5.41, 5.74) is 3.31. The van der Waals surface area contributed by atoms with E-state index in [-0.39, 0.29) is 21.8 Å². The Balaban J connectivity index is 1.54. The predicted octanol–water partition coefficient (Wildman–Crippen LogP) is 5.14. The van der Waals surface area contributed by atoms with Crippen LogP contribution in [0.25, 0.3) is 0 Å². The van der Waals surface area contributed by atoms with Gasteiger partial charge in [-0.3, -0.25) is 13.9 Å². The van der Waals surface area contributed by atoms with Crippen LogP contribution in [0.1, 0.15) is 27.0 Å². The summed E-state index contributed by atoms with van der Waals surface area (Å²) in [6.07, 6.45) is 0.533. The molecule has 0 unspecified atom stereocenters. The molecule has 2 amide bonds. The Labute approximate surface area is 264 Å². The van der Waals surface area contributed by atoms with Crippen LogP contribution in [0.4, 0.5) is 11.4 Å². The summed E-state index contributed by atoms with van der Waals surface area (Å²) in [5, 5.41) is 5.62. The lowest BCUT2D eigenvalue weighted by atomic mass is 10.1. The van der Waals surface area contributed by atoms with Gasteiger partial charge in [-0.25, -0.2) is 8.42 Å². The van der Waals surface area contributed by atoms with Gasteiger partial charge in [-0.05, 0) is 79.9 Å². The van der Waals surface area contributed by atoms with Crippen LogP contribution >= 0.6 is 0 Å². The molecule has 10 nitrogen and oxygen atoms in total. The van der Waals surface area contributed by atoms with Crippen molar-refractivity contribution < 1.29 is 32.2 Å². The first-order valence-corrected chi connectivity index (χ1v) is 15.6. The van der Waals surface area contributed by atoms with Gasteiger partial charge >= 0.3 is 0 Å². The molecule has 0 saturated carbocycles. The van der Waals surface area contributed by atoms with Crippen molar-refractivity contribution in [3.63, 3.8) is 0 Å². The molecule has 236 valence electrons. The van der Waals surface area contributed by atoms with E-state index in [9.17, 15) is 18.0 Å². The SMILES string of the molecule is COc1ccc(CCNC(=O)c2ccccc2NC(=O)CN(c2cc(C)ccc2OC)S(=O)(=O)c2ccc(C)cc2)cc1OC. The van der Waals surface area contributed by atoms with Crippen LogP contribution < -0.4 is 29.1 Å². The number of benzene rings is 4. The van der Waals surface area contributed by atoms with Gasteiger partial charge in [0.05, 0.1) is 43.2 Å². The number of para-hydroxylation sites is 1. The largest absolute Gasteiger partial charge is 0.495 e. The van der Waals surface area contributed by atoms with Gasteiger partial charge in [-0.2, -0.15) is 0 Å². The van der Waals surface area contributed by atoms with E-state index in [4.69, 9.17) is 14.2 Å². The zero-order valence-electron chi connectivity index (χ0n) is 25.9. The second-order valence-corrected chi connectivity index (χ2v) is 12.2. The van der Waals surface area contributed by atoms with Gasteiger partial charge < -0.3 is 24.8 Å². The van der Waals surface area contributed by atoms with Crippen molar-refractivity contribution in [3.8, 4) is 17.2 Å². The summed E-state index contributed by atoms with van der Waals surface area (Å²) in [6, 6.07) is 23.6. The Morgan fingerprint density at radius 3 is 2.09 bits per heavy atom. The predicted molar refractivity (Wildman–Crippen MR) is 174 cm³/mol. The van der Waals surface area contributed by atoms with Gasteiger partial charge in [-0.15, -0.1) is 0 Å². The molecule has 2 N–H and O–H groups in total. The van der Waals surface area contributed by atoms with E-state index in [1.807, 2.05) is 26.0 Å². The molecule has 0 saturated heterocycles. The first-order chi connectivity index (χ1) is 21.6. The van der Waals surface area contributed by atoms with E-state index in [1.54, 1.807) is 74.9 Å². The van der Waals surface area contributed by atoms with Crippen molar-refractivity contribution >= 4 is 33.2 Å². The van der Waals surface area contributed by atoms with E-state index in [2.05, 4.69) is 10.6 Å². The van der Waals surface area contributed by atoms with E-state index in [1.165, 1.54) is 19.2 Å². The minimum atomic E-state index is -4.19. The highest BCUT2D eigenvalue weighted by atomic mass is 32.2. The summed E-state index contributed by atoms with van der Waals surface area (Å²) < 4.78 is 44.9. The Morgan fingerprint density at radius 2 is 1.40 bits per heavy atom. The summed E-state index contributed by atoms with van der Waals surface area (Å²) in [7, 11) is 0.372. The van der Waals surface area contributed by atoms with Crippen LogP contribution in [0.2, 0.25) is 0 Å². The second-order valence-electron chi connectivity index (χ2n) is 10.3. The number of carbonyl (C=O) groups is 2. The molecule has 0 spiro atoms. The smallest absolute Gasteiger partial charge is 0.264 e. The number of anilines is 2. The summed E-state index contributed by atoms with van der Waals surface area (Å²) in [6.45, 7) is 3.44. The number of hydrogen-bond donors (Lipinski definition) is 2. The van der Waals surface area contributed by atoms with Crippen LogP contribution in [-0.2, 0) is 21.2 Å². The van der Waals surface area contributed by atoms with Crippen LogP contribution in [-0.4, -0.2) is 54.7 Å². The third-order valence-electron chi connectivity index (χ3n) is 7.09. The Hall–Kier alpha value is -5.03. The lowest BCUT2D eigenvalue weighted by molar-refractivity contribution is -0.114. The van der Waals surface area contributed by atoms with Gasteiger partial charge in [0.2, 0.25) is 5.91 Å². The van der Waals surface area contributed by atoms with Crippen LogP contribution in [0.5, 0.6) is 17.2 Å². The van der Waals surface area contributed by atoms with Crippen molar-refractivity contribution in [2.24, 2.45) is 0 Å². The van der Waals surface area contributed by atoms with Crippen LogP contribution in [0.15, 0.2) is 89.8 Å². The molecule has 0 atom stereocenters. The maximum absolute atomic E-state index is 13.9. The molecule has 0 aliphatic heterocycles. The van der Waals surface area contributed by atoms with Crippen LogP contribution in [0.3, 0.4) is 0 Å². The molecular formula is C34H37N3O7S. The first kappa shape index (κ1) is 32.9. The topological polar surface area (TPSA) is 123 Å². The summed E-state index contributed by atoms with van der Waals surface area (Å²) in [5.74, 6) is 0.464. The van der Waals surface area contributed by atoms with Crippen molar-refractivity contribution in [1.82, 2.24) is 5.32 Å². The molecule has 0 aromatic heterocycles. The lowest BCUT2D eigenvalue weighted by Gasteiger charge is -2.26. The fraction of sp³-hybridized carbons (Fsp3) is 0.235. The number of carbonyl (C=O) groups excluding carboxylic acids is 2. The number of aryl methyl sites for hydroxylation is 2. The number of ether oxygens (including phenoxy) is 3. The lowest BCUT2D eigenvalue weighted by Crippen LogP contribution is -2.38. The fourth-order valence-electron chi connectivity index (χ4n) is 4.69. The molecule has 4 aromatic rings. The van der Waals surface area contributed by atoms with Gasteiger partial charge in [0, 0.05) is 6.54 Å². The number of rotatable bonds is 13. The summed E-state index contributed by atoms with van der Waals surface area (Å²) in [4.78, 5) is 26.7. The highest BCUT2D eigenvalue weighted by molar-refractivity contribution is 7.92. The maximum Gasteiger partial charge on any atom is 0.264 e. The van der Waals surface area contributed by atoms with E-state index < -0.39 is 28.4 Å². The minimum absolute atomic E-state index is 0.0266. The van der Waals surface area contributed by atoms with Crippen molar-refractivity contribution in [1.29, 1.82) is 0 Å². The minimum Gasteiger partial charge on any atom is -0.495 e. The zero-order valence-corrected chi connectivity index (χ0v) is 26.7. The number of hydrogen-bond acceptors (Lipinski definition) is 7. The molecule has 0 aliphatic rings. The third kappa shape index (κ3) is 7.93. The highest BCUT2D eigenvalue weighted by Gasteiger charge is 2.30. The monoisotopic (exact) mass is 631 g/mol. The molecular weight excluding hydrogens is 594 g/mol. The highest BCUT2D eigenvalue weighted by Crippen LogP contribution is 2.34. The van der Waals surface area contributed by atoms with Gasteiger partial charge in [-0.1, -0.05) is 42.0 Å². The Morgan fingerprint density at radius 1 is 0.756 bits per heavy atom. The molecule has 11 heteroatoms. The molecule has 45 heavy (non-hydrogen) atoms. The standard InChI is InChI=1S/C34H37N3O7S/c1-23-10-14-26(15-11-23)45(40,41)37(29-20-24(2)12-16-30(29)42-3)22-33(38)36-28-9-7-6-8-27(28)34(39)35-19-18-25-13-17-31(43-4)32(21-25)44-5/h6-17,20-21H,18-19,22H2,1-5H3,(H,35,39)(H,36,38). The normalized spacial score (nSPS) is 11.0. The van der Waals surface area contributed by atoms with E-state index >= 15 is 0 Å². The fourth-order valence-corrected chi connectivity index (χ4v) is 6.12. The van der Waals surface area contributed by atoms with Crippen molar-refractivity contribution in [2.45, 2.75) is 25.2 Å². The second kappa shape index (κ2) is 14.6. The third-order valence-corrected chi connectivity index (χ3v) is 8.87. The average Bonchev–Trinajstić information content (AvgIpc) is 3.03. The molecule has 4 rings (SSSR count). The number of amides is 2. The molecule has 0 fully saturated rings. The Bertz CT molecular complexity index is 1770. The molecule has 0 bridgehead atoms. The number of methoxy groups -OCH3 is 3. The van der Waals surface area contributed by atoms with Crippen molar-refractivity contribution in [2.75, 3.05) is 44.0 Å². The number of nitrogens with zero attached hydrogens (tertiary/aromatic N) is 1. The Kier molecular flexibility index (Phi) is 10.7. The quantitative estimate of drug-likeness (QED) is 0.210. The van der Waals surface area contributed by atoms with Crippen molar-refractivity contribution in [3.05, 3.63) is 107 Å². The van der Waals surface area contributed by atoms with E-state index in [0.29, 0.717) is 30.2 Å². The number of nitrogens with one attached hydrogen (secondary N) is 2. The zero-order chi connectivity index (χ0) is 32.6. The van der Waals surface area contributed by atoms with Gasteiger partial charge in [0.1, 0.15) is 12.3 Å². The van der Waals surface area contributed by atoms with Crippen LogP contribution in [0, 0.1) is 13.8 Å².